The van der Waals surface area contributed by atoms with Crippen molar-refractivity contribution >= 4 is 27.3 Å². The second-order valence-electron chi connectivity index (χ2n) is 7.67. The van der Waals surface area contributed by atoms with Gasteiger partial charge in [-0.1, -0.05) is 36.4 Å². The first kappa shape index (κ1) is 20.0. The third kappa shape index (κ3) is 4.97. The minimum atomic E-state index is -3.51. The van der Waals surface area contributed by atoms with E-state index in [4.69, 9.17) is 0 Å². The molecule has 146 valence electrons. The number of sulfonamides is 1. The summed E-state index contributed by atoms with van der Waals surface area (Å²) in [4.78, 5) is 12.8. The molecule has 2 aromatic rings. The van der Waals surface area contributed by atoms with Crippen LogP contribution in [0.4, 0.5) is 0 Å². The van der Waals surface area contributed by atoms with Crippen molar-refractivity contribution in [1.82, 2.24) is 9.62 Å². The molecular formula is C20H26N2O3S2. The first-order valence-electron chi connectivity index (χ1n) is 9.17. The van der Waals surface area contributed by atoms with E-state index >= 15 is 0 Å². The largest absolute Gasteiger partial charge is 0.351 e. The van der Waals surface area contributed by atoms with Crippen molar-refractivity contribution in [2.75, 3.05) is 13.1 Å². The number of nitrogens with one attached hydrogen (secondary N) is 1. The summed E-state index contributed by atoms with van der Waals surface area (Å²) in [6.45, 7) is 4.71. The molecule has 0 unspecified atom stereocenters. The molecule has 0 saturated carbocycles. The zero-order chi connectivity index (χ0) is 19.5. The van der Waals surface area contributed by atoms with Crippen LogP contribution in [0.3, 0.4) is 0 Å². The van der Waals surface area contributed by atoms with Gasteiger partial charge in [0.25, 0.3) is 10.0 Å². The van der Waals surface area contributed by atoms with Crippen molar-refractivity contribution in [1.29, 1.82) is 0 Å². The number of hydrogen-bond donors (Lipinski definition) is 1. The Bertz CT molecular complexity index is 862. The third-order valence-corrected chi connectivity index (χ3v) is 8.03. The molecule has 1 aliphatic heterocycles. The highest BCUT2D eigenvalue weighted by atomic mass is 32.2. The molecule has 5 nitrogen and oxygen atoms in total. The maximum Gasteiger partial charge on any atom is 0.252 e. The minimum absolute atomic E-state index is 0.0676. The highest BCUT2D eigenvalue weighted by Crippen LogP contribution is 2.27. The van der Waals surface area contributed by atoms with E-state index in [1.165, 1.54) is 15.6 Å². The molecule has 1 fully saturated rings. The number of carbonyl (C=O) groups excluding carboxylic acids is 1. The van der Waals surface area contributed by atoms with Crippen molar-refractivity contribution < 1.29 is 13.2 Å². The second kappa shape index (κ2) is 8.12. The van der Waals surface area contributed by atoms with Gasteiger partial charge in [0, 0.05) is 18.6 Å². The van der Waals surface area contributed by atoms with Crippen molar-refractivity contribution in [3.8, 4) is 0 Å². The highest BCUT2D eigenvalue weighted by molar-refractivity contribution is 7.91. The molecular weight excluding hydrogens is 380 g/mol. The quantitative estimate of drug-likeness (QED) is 0.801. The zero-order valence-corrected chi connectivity index (χ0v) is 17.4. The molecule has 1 aromatic heterocycles. The Morgan fingerprint density at radius 1 is 1.22 bits per heavy atom. The van der Waals surface area contributed by atoms with Gasteiger partial charge in [-0.25, -0.2) is 8.42 Å². The summed E-state index contributed by atoms with van der Waals surface area (Å²) in [6.07, 6.45) is 2.13. The van der Waals surface area contributed by atoms with E-state index in [-0.39, 0.29) is 18.4 Å². The van der Waals surface area contributed by atoms with Gasteiger partial charge in [-0.3, -0.25) is 4.79 Å². The Labute approximate surface area is 165 Å². The maximum atomic E-state index is 12.8. The van der Waals surface area contributed by atoms with Gasteiger partial charge >= 0.3 is 0 Å². The van der Waals surface area contributed by atoms with Gasteiger partial charge in [0.05, 0.1) is 5.92 Å². The van der Waals surface area contributed by atoms with Crippen LogP contribution in [0.25, 0.3) is 0 Å². The standard InChI is InChI=1S/C20H26N2O3S2/c1-20(2,14-16-8-4-3-5-9-16)21-19(23)17-10-6-12-22(15-17)27(24,25)18-11-7-13-26-18/h3-5,7-9,11,13,17H,6,10,12,14-15H2,1-2H3,(H,21,23)/t17-/m1/s1. The van der Waals surface area contributed by atoms with Crippen LogP contribution in [0.5, 0.6) is 0 Å². The summed E-state index contributed by atoms with van der Waals surface area (Å²) in [5.74, 6) is -0.384. The van der Waals surface area contributed by atoms with Crippen LogP contribution in [-0.2, 0) is 21.2 Å². The fraction of sp³-hybridized carbons (Fsp3) is 0.450. The summed E-state index contributed by atoms with van der Waals surface area (Å²) in [7, 11) is -3.51. The first-order chi connectivity index (χ1) is 12.8. The van der Waals surface area contributed by atoms with Crippen LogP contribution in [0.2, 0.25) is 0 Å². The van der Waals surface area contributed by atoms with Crippen LogP contribution in [0.1, 0.15) is 32.3 Å². The van der Waals surface area contributed by atoms with Crippen molar-refractivity contribution in [3.63, 3.8) is 0 Å². The zero-order valence-electron chi connectivity index (χ0n) is 15.7. The molecule has 1 aliphatic rings. The van der Waals surface area contributed by atoms with Crippen LogP contribution in [0, 0.1) is 5.92 Å². The van der Waals surface area contributed by atoms with Gasteiger partial charge in [0.15, 0.2) is 0 Å². The smallest absolute Gasteiger partial charge is 0.252 e. The van der Waals surface area contributed by atoms with Gasteiger partial charge in [0.2, 0.25) is 5.91 Å². The number of rotatable bonds is 6. The number of amides is 1. The fourth-order valence-corrected chi connectivity index (χ4v) is 6.17. The molecule has 1 saturated heterocycles. The molecule has 27 heavy (non-hydrogen) atoms. The summed E-state index contributed by atoms with van der Waals surface area (Å²) >= 11 is 1.21. The summed E-state index contributed by atoms with van der Waals surface area (Å²) in [6, 6.07) is 13.4. The summed E-state index contributed by atoms with van der Waals surface area (Å²) < 4.78 is 27.3. The van der Waals surface area contributed by atoms with Gasteiger partial charge in [-0.15, -0.1) is 11.3 Å². The predicted octanol–water partition coefficient (Wildman–Crippen LogP) is 3.29. The van der Waals surface area contributed by atoms with Gasteiger partial charge in [0.1, 0.15) is 4.21 Å². The Kier molecular flexibility index (Phi) is 6.03. The molecule has 0 spiro atoms. The van der Waals surface area contributed by atoms with E-state index in [0.717, 1.165) is 12.0 Å². The number of benzene rings is 1. The Hall–Kier alpha value is -1.70. The molecule has 1 atom stereocenters. The predicted molar refractivity (Wildman–Crippen MR) is 108 cm³/mol. The van der Waals surface area contributed by atoms with E-state index in [2.05, 4.69) is 5.32 Å². The number of hydrogen-bond acceptors (Lipinski definition) is 4. The topological polar surface area (TPSA) is 66.5 Å². The lowest BCUT2D eigenvalue weighted by atomic mass is 9.92. The lowest BCUT2D eigenvalue weighted by Crippen LogP contribution is -2.51. The number of nitrogens with zero attached hydrogens (tertiary/aromatic N) is 1. The monoisotopic (exact) mass is 406 g/mol. The van der Waals surface area contributed by atoms with E-state index in [1.807, 2.05) is 44.2 Å². The molecule has 2 heterocycles. The lowest BCUT2D eigenvalue weighted by molar-refractivity contribution is -0.127. The Balaban J connectivity index is 1.64. The van der Waals surface area contributed by atoms with Gasteiger partial charge in [-0.2, -0.15) is 4.31 Å². The van der Waals surface area contributed by atoms with Gasteiger partial charge < -0.3 is 5.32 Å². The van der Waals surface area contributed by atoms with Crippen molar-refractivity contribution in [2.24, 2.45) is 5.92 Å². The maximum absolute atomic E-state index is 12.8. The minimum Gasteiger partial charge on any atom is -0.351 e. The Morgan fingerprint density at radius 3 is 2.63 bits per heavy atom. The molecule has 0 radical (unpaired) electrons. The number of carbonyl (C=O) groups is 1. The lowest BCUT2D eigenvalue weighted by Gasteiger charge is -2.34. The van der Waals surface area contributed by atoms with Crippen LogP contribution >= 0.6 is 11.3 Å². The molecule has 1 amide bonds. The number of piperidine rings is 1. The molecule has 7 heteroatoms. The van der Waals surface area contributed by atoms with Gasteiger partial charge in [-0.05, 0) is 50.1 Å². The normalized spacial score (nSPS) is 19.0. The first-order valence-corrected chi connectivity index (χ1v) is 11.5. The summed E-state index contributed by atoms with van der Waals surface area (Å²) in [5, 5.41) is 4.88. The fourth-order valence-electron chi connectivity index (χ4n) is 3.50. The Morgan fingerprint density at radius 2 is 1.96 bits per heavy atom. The molecule has 0 aliphatic carbocycles. The second-order valence-corrected chi connectivity index (χ2v) is 10.8. The molecule has 3 rings (SSSR count). The summed E-state index contributed by atoms with van der Waals surface area (Å²) in [5.41, 5.74) is 0.765. The van der Waals surface area contributed by atoms with E-state index in [1.54, 1.807) is 17.5 Å². The number of thiophene rings is 1. The van der Waals surface area contributed by atoms with Crippen LogP contribution in [-0.4, -0.2) is 37.3 Å². The van der Waals surface area contributed by atoms with E-state index in [9.17, 15) is 13.2 Å². The van der Waals surface area contributed by atoms with Crippen LogP contribution < -0.4 is 5.32 Å². The molecule has 0 bridgehead atoms. The highest BCUT2D eigenvalue weighted by Gasteiger charge is 2.35. The SMILES string of the molecule is CC(C)(Cc1ccccc1)NC(=O)[C@@H]1CCCN(S(=O)(=O)c2cccs2)C1. The third-order valence-electron chi connectivity index (χ3n) is 4.79. The average Bonchev–Trinajstić information content (AvgIpc) is 3.17. The van der Waals surface area contributed by atoms with Crippen molar-refractivity contribution in [2.45, 2.75) is 42.9 Å². The van der Waals surface area contributed by atoms with Crippen molar-refractivity contribution in [3.05, 3.63) is 53.4 Å². The molecule has 1 N–H and O–H groups in total. The van der Waals surface area contributed by atoms with E-state index < -0.39 is 15.6 Å². The van der Waals surface area contributed by atoms with Crippen LogP contribution in [0.15, 0.2) is 52.1 Å². The average molecular weight is 407 g/mol. The molecule has 1 aromatic carbocycles. The van der Waals surface area contributed by atoms with E-state index in [0.29, 0.717) is 23.6 Å².